The molecule has 0 atom stereocenters. The molecule has 0 radical (unpaired) electrons. The third-order valence-corrected chi connectivity index (χ3v) is 7.74. The summed E-state index contributed by atoms with van der Waals surface area (Å²) in [7, 11) is 0. The summed E-state index contributed by atoms with van der Waals surface area (Å²) in [6.07, 6.45) is 28.1. The third-order valence-electron chi connectivity index (χ3n) is 5.12. The molecule has 0 saturated carbocycles. The lowest BCUT2D eigenvalue weighted by Crippen LogP contribution is -2.07. The fourth-order valence-corrected chi connectivity index (χ4v) is 5.30. The van der Waals surface area contributed by atoms with Crippen LogP contribution in [0.1, 0.15) is 122 Å². The molecule has 0 nitrogen and oxygen atoms in total. The summed E-state index contributed by atoms with van der Waals surface area (Å²) in [5.41, 5.74) is 0. The van der Waals surface area contributed by atoms with E-state index in [4.69, 9.17) is 33.2 Å². The molecule has 0 aromatic rings. The van der Waals surface area contributed by atoms with Crippen molar-refractivity contribution in [2.24, 2.45) is 0 Å². The average molecular weight is 442 g/mol. The van der Waals surface area contributed by atoms with Gasteiger partial charge in [-0.05, 0) is 18.9 Å². The molecule has 0 aromatic heterocycles. The number of halogens is 3. The predicted molar refractivity (Wildman–Crippen MR) is 126 cm³/mol. The molecule has 0 aliphatic rings. The van der Waals surface area contributed by atoms with Crippen LogP contribution >= 0.6 is 33.2 Å². The van der Waals surface area contributed by atoms with Crippen molar-refractivity contribution in [3.8, 4) is 0 Å². The molecule has 0 amide bonds. The summed E-state index contributed by atoms with van der Waals surface area (Å²) in [5.74, 6) is 0. The summed E-state index contributed by atoms with van der Waals surface area (Å²) in [4.78, 5) is 0. The zero-order chi connectivity index (χ0) is 19.3. The summed E-state index contributed by atoms with van der Waals surface area (Å²) in [5, 5.41) is 0. The SMILES string of the molecule is C=CCCCCCCCCCCCCCCCCCCCC[Si](Cl)(Cl)Cl. The van der Waals surface area contributed by atoms with Crippen molar-refractivity contribution in [1.82, 2.24) is 0 Å². The van der Waals surface area contributed by atoms with Gasteiger partial charge in [0.25, 0.3) is 0 Å². The molecule has 0 bridgehead atoms. The highest BCUT2D eigenvalue weighted by atomic mass is 35.8. The van der Waals surface area contributed by atoms with Gasteiger partial charge in [-0.15, -0.1) is 39.8 Å². The molecule has 0 unspecified atom stereocenters. The van der Waals surface area contributed by atoms with Gasteiger partial charge in [-0.3, -0.25) is 0 Å². The topological polar surface area (TPSA) is 0 Å². The summed E-state index contributed by atoms with van der Waals surface area (Å²) in [6, 6.07) is -1.53. The van der Waals surface area contributed by atoms with Gasteiger partial charge >= 0.3 is 6.00 Å². The molecule has 0 rings (SSSR count). The molecule has 0 aliphatic heterocycles. The fraction of sp³-hybridized carbons (Fsp3) is 0.909. The number of unbranched alkanes of at least 4 members (excludes halogenated alkanes) is 18. The number of rotatable bonds is 21. The maximum absolute atomic E-state index is 5.89. The van der Waals surface area contributed by atoms with Crippen molar-refractivity contribution in [2.45, 2.75) is 128 Å². The summed E-state index contributed by atoms with van der Waals surface area (Å²) < 4.78 is 0. The maximum atomic E-state index is 5.89. The van der Waals surface area contributed by atoms with Gasteiger partial charge in [0.15, 0.2) is 0 Å². The first-order valence-electron chi connectivity index (χ1n) is 11.2. The van der Waals surface area contributed by atoms with Crippen LogP contribution in [0.25, 0.3) is 0 Å². The summed E-state index contributed by atoms with van der Waals surface area (Å²) >= 11 is 17.7. The predicted octanol–water partition coefficient (Wildman–Crippen LogP) is 10.2. The van der Waals surface area contributed by atoms with E-state index in [-0.39, 0.29) is 0 Å². The van der Waals surface area contributed by atoms with Crippen LogP contribution in [0.5, 0.6) is 0 Å². The smallest absolute Gasteiger partial charge is 0.126 e. The van der Waals surface area contributed by atoms with Crippen LogP contribution in [0.4, 0.5) is 0 Å². The molecule has 0 aromatic carbocycles. The Morgan fingerprint density at radius 2 is 0.731 bits per heavy atom. The average Bonchev–Trinajstić information content (AvgIpc) is 2.59. The maximum Gasteiger partial charge on any atom is 0.341 e. The van der Waals surface area contributed by atoms with Gasteiger partial charge in [0.2, 0.25) is 0 Å². The highest BCUT2D eigenvalue weighted by Gasteiger charge is 2.23. The molecule has 0 spiro atoms. The van der Waals surface area contributed by atoms with Crippen LogP contribution in [0, 0.1) is 0 Å². The van der Waals surface area contributed by atoms with Crippen molar-refractivity contribution >= 4 is 39.2 Å². The van der Waals surface area contributed by atoms with E-state index in [1.54, 1.807) is 0 Å². The molecule has 0 aliphatic carbocycles. The van der Waals surface area contributed by atoms with Crippen molar-refractivity contribution in [3.05, 3.63) is 12.7 Å². The van der Waals surface area contributed by atoms with E-state index in [1.165, 1.54) is 116 Å². The first-order chi connectivity index (χ1) is 12.6. The minimum atomic E-state index is -2.36. The van der Waals surface area contributed by atoms with E-state index in [1.807, 2.05) is 6.08 Å². The van der Waals surface area contributed by atoms with Crippen LogP contribution in [-0.2, 0) is 0 Å². The van der Waals surface area contributed by atoms with E-state index in [0.717, 1.165) is 12.5 Å². The van der Waals surface area contributed by atoms with E-state index >= 15 is 0 Å². The van der Waals surface area contributed by atoms with E-state index in [2.05, 4.69) is 6.58 Å². The van der Waals surface area contributed by atoms with Gasteiger partial charge in [-0.2, -0.15) is 0 Å². The molecule has 0 saturated heterocycles. The molecule has 0 heterocycles. The molecular formula is C22H43Cl3Si. The third kappa shape index (κ3) is 24.8. The second kappa shape index (κ2) is 20.6. The minimum absolute atomic E-state index is 0.827. The van der Waals surface area contributed by atoms with E-state index < -0.39 is 6.00 Å². The van der Waals surface area contributed by atoms with Gasteiger partial charge in [-0.1, -0.05) is 115 Å². The normalized spacial score (nSPS) is 11.8. The van der Waals surface area contributed by atoms with Gasteiger partial charge in [0, 0.05) is 0 Å². The van der Waals surface area contributed by atoms with Crippen LogP contribution < -0.4 is 0 Å². The number of hydrogen-bond donors (Lipinski definition) is 0. The second-order valence-corrected chi connectivity index (χ2v) is 17.1. The van der Waals surface area contributed by atoms with Crippen LogP contribution in [0.15, 0.2) is 12.7 Å². The first kappa shape index (κ1) is 26.8. The van der Waals surface area contributed by atoms with Crippen molar-refractivity contribution in [1.29, 1.82) is 0 Å². The van der Waals surface area contributed by atoms with Crippen LogP contribution in [0.3, 0.4) is 0 Å². The Balaban J connectivity index is 3.02. The molecule has 0 fully saturated rings. The number of hydrogen-bond acceptors (Lipinski definition) is 0. The Bertz CT molecular complexity index is 290. The Morgan fingerprint density at radius 3 is 1.00 bits per heavy atom. The zero-order valence-electron chi connectivity index (χ0n) is 17.1. The van der Waals surface area contributed by atoms with Crippen LogP contribution in [-0.4, -0.2) is 6.00 Å². The Labute approximate surface area is 179 Å². The molecular weight excluding hydrogens is 399 g/mol. The Kier molecular flexibility index (Phi) is 21.2. The summed E-state index contributed by atoms with van der Waals surface area (Å²) in [6.45, 7) is 3.77. The molecule has 0 N–H and O–H groups in total. The quantitative estimate of drug-likeness (QED) is 0.0718. The largest absolute Gasteiger partial charge is 0.341 e. The fourth-order valence-electron chi connectivity index (χ4n) is 3.44. The standard InChI is InChI=1S/C22H43Cl3Si/c1-2-3-4-5-6-7-8-9-10-11-12-13-14-15-16-17-18-19-20-21-22-26(23,24)25/h2H,1,3-22H2. The highest BCUT2D eigenvalue weighted by Crippen LogP contribution is 2.27. The van der Waals surface area contributed by atoms with Gasteiger partial charge in [-0.25, -0.2) is 0 Å². The first-order valence-corrected chi connectivity index (χ1v) is 16.5. The van der Waals surface area contributed by atoms with Crippen molar-refractivity contribution in [3.63, 3.8) is 0 Å². The lowest BCUT2D eigenvalue weighted by atomic mass is 10.0. The highest BCUT2D eigenvalue weighted by molar-refractivity contribution is 7.64. The molecule has 26 heavy (non-hydrogen) atoms. The zero-order valence-corrected chi connectivity index (χ0v) is 20.3. The van der Waals surface area contributed by atoms with Crippen molar-refractivity contribution < 1.29 is 0 Å². The Morgan fingerprint density at radius 1 is 0.462 bits per heavy atom. The number of allylic oxidation sites excluding steroid dienone is 1. The Hall–Kier alpha value is 0.827. The van der Waals surface area contributed by atoms with Gasteiger partial charge < -0.3 is 0 Å². The van der Waals surface area contributed by atoms with Gasteiger partial charge in [0.1, 0.15) is 0 Å². The van der Waals surface area contributed by atoms with E-state index in [9.17, 15) is 0 Å². The minimum Gasteiger partial charge on any atom is -0.126 e. The molecule has 156 valence electrons. The molecule has 4 heteroatoms. The van der Waals surface area contributed by atoms with E-state index in [0.29, 0.717) is 0 Å². The van der Waals surface area contributed by atoms with Gasteiger partial charge in [0.05, 0.1) is 0 Å². The van der Waals surface area contributed by atoms with Crippen molar-refractivity contribution in [2.75, 3.05) is 0 Å². The van der Waals surface area contributed by atoms with Crippen LogP contribution in [0.2, 0.25) is 6.04 Å². The second-order valence-electron chi connectivity index (χ2n) is 7.81. The lowest BCUT2D eigenvalue weighted by molar-refractivity contribution is 0.525. The monoisotopic (exact) mass is 440 g/mol. The lowest BCUT2D eigenvalue weighted by Gasteiger charge is -2.07.